The number of piperidine rings is 2. The van der Waals surface area contributed by atoms with Crippen LogP contribution in [0.25, 0.3) is 22.6 Å². The fourth-order valence-electron chi connectivity index (χ4n) is 7.78. The van der Waals surface area contributed by atoms with E-state index in [1.807, 2.05) is 103 Å². The van der Waals surface area contributed by atoms with Gasteiger partial charge in [-0.1, -0.05) is 101 Å². The molecule has 4 atom stereocenters. The summed E-state index contributed by atoms with van der Waals surface area (Å²) in [6.07, 6.45) is 11.4. The summed E-state index contributed by atoms with van der Waals surface area (Å²) in [5.74, 6) is 0.0805. The zero-order valence-electron chi connectivity index (χ0n) is 37.6. The predicted molar refractivity (Wildman–Crippen MR) is 251 cm³/mol. The number of aromatic nitrogens is 7. The Kier molecular flexibility index (Phi) is 16.8. The van der Waals surface area contributed by atoms with Gasteiger partial charge in [-0.05, 0) is 63.8 Å². The summed E-state index contributed by atoms with van der Waals surface area (Å²) in [5, 5.41) is 17.0. The molecule has 2 fully saturated rings. The van der Waals surface area contributed by atoms with Gasteiger partial charge in [-0.25, -0.2) is 4.98 Å². The molecule has 15 nitrogen and oxygen atoms in total. The fourth-order valence-corrected chi connectivity index (χ4v) is 8.10. The molecule has 0 bridgehead atoms. The van der Waals surface area contributed by atoms with E-state index in [0.29, 0.717) is 46.8 Å². The lowest BCUT2D eigenvalue weighted by Gasteiger charge is -2.37. The molecule has 2 saturated heterocycles. The van der Waals surface area contributed by atoms with Crippen LogP contribution in [0, 0.1) is 5.92 Å². The Balaban J connectivity index is 0.000000180. The number of ketones is 1. The maximum Gasteiger partial charge on any atom is 0.256 e. The summed E-state index contributed by atoms with van der Waals surface area (Å²) in [5.41, 5.74) is 10.4. The summed E-state index contributed by atoms with van der Waals surface area (Å²) in [6.45, 7) is 5.00. The molecule has 17 heteroatoms. The van der Waals surface area contributed by atoms with Gasteiger partial charge >= 0.3 is 0 Å². The van der Waals surface area contributed by atoms with Crippen LogP contribution in [0.5, 0.6) is 0 Å². The van der Waals surface area contributed by atoms with Crippen molar-refractivity contribution in [1.29, 1.82) is 0 Å². The summed E-state index contributed by atoms with van der Waals surface area (Å²) in [6, 6.07) is 34.0. The quantitative estimate of drug-likeness (QED) is 0.109. The first-order valence-electron chi connectivity index (χ1n) is 22.1. The van der Waals surface area contributed by atoms with Gasteiger partial charge in [0.1, 0.15) is 12.0 Å². The number of likely N-dealkylation sites (tertiary alicyclic amines) is 2. The third kappa shape index (κ3) is 11.9. The van der Waals surface area contributed by atoms with Crippen molar-refractivity contribution in [3.8, 4) is 22.6 Å². The minimum Gasteiger partial charge on any atom is -0.448 e. The molecule has 2 N–H and O–H groups in total. The van der Waals surface area contributed by atoms with Crippen molar-refractivity contribution in [2.75, 3.05) is 25.6 Å². The van der Waals surface area contributed by atoms with E-state index in [-0.39, 0.29) is 47.4 Å². The Hall–Kier alpha value is -7.14. The molecule has 342 valence electrons. The number of alkyl halides is 2. The number of nitrogens with zero attached hydrogens (tertiary/aromatic N) is 9. The highest BCUT2D eigenvalue weighted by atomic mass is 79.9. The number of nitrogens with two attached hydrogens (primary N) is 1. The van der Waals surface area contributed by atoms with Gasteiger partial charge in [-0.2, -0.15) is 30.0 Å². The molecule has 3 aromatic heterocycles. The van der Waals surface area contributed by atoms with E-state index in [1.165, 1.54) is 9.59 Å². The van der Waals surface area contributed by atoms with Crippen LogP contribution in [0.3, 0.4) is 0 Å². The molecular weight excluding hydrogens is 908 g/mol. The molecule has 0 radical (unpaired) electrons. The Morgan fingerprint density at radius 1 is 0.697 bits per heavy atom. The lowest BCUT2D eigenvalue weighted by atomic mass is 9.92. The van der Waals surface area contributed by atoms with Gasteiger partial charge in [0.05, 0.1) is 73.0 Å². The smallest absolute Gasteiger partial charge is 0.256 e. The molecule has 5 heterocycles. The summed E-state index contributed by atoms with van der Waals surface area (Å²) in [4.78, 5) is 60.3. The Morgan fingerprint density at radius 3 is 1.68 bits per heavy atom. The number of para-hydroxylation sites is 2. The molecule has 2 aliphatic rings. The van der Waals surface area contributed by atoms with E-state index >= 15 is 0 Å². The van der Waals surface area contributed by atoms with Crippen molar-refractivity contribution in [2.24, 2.45) is 11.7 Å². The topological polar surface area (TPSA) is 188 Å². The average Bonchev–Trinajstić information content (AvgIpc) is 4.20. The number of oxazole rings is 1. The monoisotopic (exact) mass is 959 g/mol. The number of amides is 3. The van der Waals surface area contributed by atoms with Crippen LogP contribution in [-0.2, 0) is 4.79 Å². The van der Waals surface area contributed by atoms with Gasteiger partial charge in [0.15, 0.2) is 11.7 Å². The molecule has 66 heavy (non-hydrogen) atoms. The Morgan fingerprint density at radius 2 is 1.17 bits per heavy atom. The first-order valence-corrected chi connectivity index (χ1v) is 22.5. The minimum atomic E-state index is -1.00. The van der Waals surface area contributed by atoms with Crippen LogP contribution >= 0.6 is 15.9 Å². The largest absolute Gasteiger partial charge is 0.448 e. The van der Waals surface area contributed by atoms with E-state index < -0.39 is 7.15 Å². The van der Waals surface area contributed by atoms with Crippen molar-refractivity contribution >= 4 is 39.4 Å². The van der Waals surface area contributed by atoms with E-state index in [2.05, 4.69) is 43.2 Å². The molecular formula is C49H52BrFN10O5. The number of benzene rings is 4. The summed E-state index contributed by atoms with van der Waals surface area (Å²) >= 11 is 3.10. The van der Waals surface area contributed by atoms with Crippen molar-refractivity contribution in [3.05, 3.63) is 163 Å². The van der Waals surface area contributed by atoms with E-state index in [9.17, 15) is 23.6 Å². The summed E-state index contributed by atoms with van der Waals surface area (Å²) < 4.78 is 21.3. The first-order chi connectivity index (χ1) is 32.5. The number of hydrogen-bond donors (Lipinski definition) is 1. The molecule has 0 spiro atoms. The van der Waals surface area contributed by atoms with Crippen LogP contribution < -0.4 is 5.73 Å². The third-order valence-electron chi connectivity index (χ3n) is 11.4. The number of Topliss-reactive ketones (excluding diaryl/α,β-unsaturated/α-hetero) is 1. The van der Waals surface area contributed by atoms with Crippen LogP contribution in [-0.4, -0.2) is 106 Å². The number of hydrogen-bond acceptors (Lipinski definition) is 10. The highest BCUT2D eigenvalue weighted by Gasteiger charge is 2.35. The second kappa shape index (κ2) is 23.7. The first kappa shape index (κ1) is 46.8. The Labute approximate surface area is 392 Å². The Bertz CT molecular complexity index is 2660. The van der Waals surface area contributed by atoms with Crippen molar-refractivity contribution in [2.45, 2.75) is 57.5 Å². The van der Waals surface area contributed by atoms with E-state index in [0.717, 1.165) is 42.5 Å². The minimum absolute atomic E-state index is 0.0278. The van der Waals surface area contributed by atoms with Crippen LogP contribution in [0.4, 0.5) is 4.39 Å². The number of halogens is 2. The van der Waals surface area contributed by atoms with E-state index in [4.69, 9.17) is 16.5 Å². The molecule has 0 aliphatic carbocycles. The summed E-state index contributed by atoms with van der Waals surface area (Å²) in [7, 11) is -1.00. The zero-order chi connectivity index (χ0) is 47.7. The lowest BCUT2D eigenvalue weighted by Crippen LogP contribution is -2.48. The van der Waals surface area contributed by atoms with Crippen LogP contribution in [0.15, 0.2) is 145 Å². The van der Waals surface area contributed by atoms with Crippen molar-refractivity contribution in [1.82, 2.24) is 44.8 Å². The van der Waals surface area contributed by atoms with Gasteiger partial charge in [0.2, 0.25) is 5.91 Å². The standard InChI is InChI=1S/C24H23N5O2.C16H19N5O2.C8H7BrO.CH3F/c1-17-11-12-19(23-27-21(16-31-23)18-7-3-2-4-8-18)15-28(17)24(30)20-9-5-6-10-22(20)29-25-13-14-26-29;1-11-6-7-12(15(17)22)10-20(11)16(23)13-4-2-3-5-14(13)21-18-8-9-19-21;9-6-8(10)7-4-2-1-3-5-7;1-2/h2-10,13-14,16-17,19H,11-12,15H2,1H3;2-5,8-9,11-12H,6-7,10H2,1H3,(H2,17,22);1-5H,6H2;1H3/t17-,19-;11-,12-;;/m11../s1/i;;;1D. The number of rotatable bonds is 9. The molecule has 0 saturated carbocycles. The molecule has 0 unspecified atom stereocenters. The molecule has 2 aliphatic heterocycles. The average molecular weight is 961 g/mol. The SMILES string of the molecule is C[C@@H]1CC[C@@H](C(N)=O)CN1C(=O)c1ccccc1-n1nccn1.C[C@@H]1CC[C@@H](c2nc(-c3ccccc3)co2)CN1C(=O)c1ccccc1-n1nccn1.O=C(CBr)c1ccccc1.[2H]CF. The highest BCUT2D eigenvalue weighted by molar-refractivity contribution is 9.09. The van der Waals surface area contributed by atoms with Gasteiger partial charge in [0, 0.05) is 36.3 Å². The molecule has 3 amide bonds. The maximum absolute atomic E-state index is 13.5. The van der Waals surface area contributed by atoms with E-state index in [1.54, 1.807) is 54.1 Å². The molecule has 7 aromatic rings. The second-order valence-electron chi connectivity index (χ2n) is 15.6. The highest BCUT2D eigenvalue weighted by Crippen LogP contribution is 2.33. The molecule has 9 rings (SSSR count). The van der Waals surface area contributed by atoms with Crippen molar-refractivity contribution in [3.63, 3.8) is 0 Å². The molecule has 4 aromatic carbocycles. The number of primary amides is 1. The third-order valence-corrected chi connectivity index (χ3v) is 11.9. The van der Waals surface area contributed by atoms with Crippen LogP contribution in [0.1, 0.15) is 83.8 Å². The fraction of sp³-hybridized carbons (Fsp3) is 0.286. The van der Waals surface area contributed by atoms with Gasteiger partial charge < -0.3 is 20.0 Å². The van der Waals surface area contributed by atoms with Gasteiger partial charge in [-0.15, -0.1) is 0 Å². The van der Waals surface area contributed by atoms with Crippen molar-refractivity contribution < 1.29 is 29.4 Å². The lowest BCUT2D eigenvalue weighted by molar-refractivity contribution is -0.123. The van der Waals surface area contributed by atoms with Gasteiger partial charge in [-0.3, -0.25) is 23.6 Å². The zero-order valence-corrected chi connectivity index (χ0v) is 38.2. The number of carbonyl (C=O) groups is 4. The van der Waals surface area contributed by atoms with Crippen LogP contribution in [0.2, 0.25) is 0 Å². The second-order valence-corrected chi connectivity index (χ2v) is 16.2. The van der Waals surface area contributed by atoms with Gasteiger partial charge in [0.25, 0.3) is 11.8 Å². The normalized spacial score (nSPS) is 17.9. The predicted octanol–water partition coefficient (Wildman–Crippen LogP) is 8.17. The maximum atomic E-state index is 13.5. The number of carbonyl (C=O) groups excluding carboxylic acids is 4.